The van der Waals surface area contributed by atoms with Gasteiger partial charge in [0.05, 0.1) is 13.2 Å². The van der Waals surface area contributed by atoms with Gasteiger partial charge < -0.3 is 14.8 Å². The van der Waals surface area contributed by atoms with E-state index in [9.17, 15) is 0 Å². The van der Waals surface area contributed by atoms with E-state index in [1.54, 1.807) is 7.11 Å². The highest BCUT2D eigenvalue weighted by atomic mass is 16.5. The Hall–Kier alpha value is -2.12. The molecular weight excluding hydrogens is 318 g/mol. The van der Waals surface area contributed by atoms with E-state index >= 15 is 0 Å². The molecule has 2 heterocycles. The van der Waals surface area contributed by atoms with E-state index in [2.05, 4.69) is 31.5 Å². The molecule has 0 unspecified atom stereocenters. The SMILES string of the molecule is COc1cc(CN[C@@H](C)c2ncn[nH]2)ccc1OCCN1CCCC1. The van der Waals surface area contributed by atoms with Gasteiger partial charge in [0.2, 0.25) is 0 Å². The third-order valence-corrected chi connectivity index (χ3v) is 4.55. The molecule has 7 nitrogen and oxygen atoms in total. The molecule has 0 aliphatic carbocycles. The molecule has 0 spiro atoms. The number of H-pyrrole nitrogens is 1. The second-order valence-corrected chi connectivity index (χ2v) is 6.36. The lowest BCUT2D eigenvalue weighted by atomic mass is 10.2. The highest BCUT2D eigenvalue weighted by Crippen LogP contribution is 2.28. The monoisotopic (exact) mass is 345 g/mol. The number of aromatic amines is 1. The fourth-order valence-corrected chi connectivity index (χ4v) is 3.02. The van der Waals surface area contributed by atoms with Crippen LogP contribution in [0.15, 0.2) is 24.5 Å². The van der Waals surface area contributed by atoms with Gasteiger partial charge in [-0.25, -0.2) is 4.98 Å². The number of benzene rings is 1. The van der Waals surface area contributed by atoms with Crippen molar-refractivity contribution >= 4 is 0 Å². The van der Waals surface area contributed by atoms with Crippen LogP contribution in [0.2, 0.25) is 0 Å². The van der Waals surface area contributed by atoms with Crippen LogP contribution in [-0.2, 0) is 6.54 Å². The molecule has 2 aromatic rings. The van der Waals surface area contributed by atoms with Gasteiger partial charge in [-0.15, -0.1) is 0 Å². The highest BCUT2D eigenvalue weighted by molar-refractivity contribution is 5.43. The fourth-order valence-electron chi connectivity index (χ4n) is 3.02. The van der Waals surface area contributed by atoms with E-state index in [1.807, 2.05) is 19.1 Å². The number of ether oxygens (including phenoxy) is 2. The molecule has 7 heteroatoms. The first kappa shape index (κ1) is 17.7. The smallest absolute Gasteiger partial charge is 0.161 e. The van der Waals surface area contributed by atoms with E-state index in [1.165, 1.54) is 32.3 Å². The first-order valence-corrected chi connectivity index (χ1v) is 8.87. The Morgan fingerprint density at radius 2 is 2.12 bits per heavy atom. The lowest BCUT2D eigenvalue weighted by Crippen LogP contribution is -2.25. The highest BCUT2D eigenvalue weighted by Gasteiger charge is 2.12. The molecule has 1 aliphatic heterocycles. The van der Waals surface area contributed by atoms with Crippen LogP contribution in [0.1, 0.15) is 37.2 Å². The van der Waals surface area contributed by atoms with Gasteiger partial charge in [0, 0.05) is 13.1 Å². The maximum Gasteiger partial charge on any atom is 0.161 e. The molecule has 0 saturated carbocycles. The second-order valence-electron chi connectivity index (χ2n) is 6.36. The lowest BCUT2D eigenvalue weighted by Gasteiger charge is -2.17. The molecule has 1 atom stereocenters. The Morgan fingerprint density at radius 3 is 2.84 bits per heavy atom. The number of rotatable bonds is 9. The van der Waals surface area contributed by atoms with Crippen LogP contribution in [-0.4, -0.2) is 53.4 Å². The van der Waals surface area contributed by atoms with Gasteiger partial charge in [0.1, 0.15) is 18.8 Å². The maximum atomic E-state index is 5.92. The maximum absolute atomic E-state index is 5.92. The normalized spacial score (nSPS) is 16.1. The van der Waals surface area contributed by atoms with Crippen LogP contribution >= 0.6 is 0 Å². The van der Waals surface area contributed by atoms with Gasteiger partial charge in [-0.3, -0.25) is 10.00 Å². The summed E-state index contributed by atoms with van der Waals surface area (Å²) in [5, 5.41) is 10.2. The first-order valence-electron chi connectivity index (χ1n) is 8.87. The Morgan fingerprint density at radius 1 is 1.28 bits per heavy atom. The minimum atomic E-state index is 0.102. The van der Waals surface area contributed by atoms with Gasteiger partial charge >= 0.3 is 0 Å². The third-order valence-electron chi connectivity index (χ3n) is 4.55. The first-order chi connectivity index (χ1) is 12.3. The average Bonchev–Trinajstić information content (AvgIpc) is 3.34. The van der Waals surface area contributed by atoms with Crippen molar-refractivity contribution < 1.29 is 9.47 Å². The summed E-state index contributed by atoms with van der Waals surface area (Å²) < 4.78 is 11.4. The molecule has 1 saturated heterocycles. The molecule has 3 rings (SSSR count). The third kappa shape index (κ3) is 4.93. The Bertz CT molecular complexity index is 641. The van der Waals surface area contributed by atoms with Crippen molar-refractivity contribution in [3.8, 4) is 11.5 Å². The van der Waals surface area contributed by atoms with Crippen LogP contribution in [0.4, 0.5) is 0 Å². The van der Waals surface area contributed by atoms with Gasteiger partial charge in [-0.05, 0) is 50.6 Å². The molecule has 1 aliphatic rings. The fraction of sp³-hybridized carbons (Fsp3) is 0.556. The average molecular weight is 345 g/mol. The van der Waals surface area contributed by atoms with E-state index in [-0.39, 0.29) is 6.04 Å². The quantitative estimate of drug-likeness (QED) is 0.725. The molecule has 0 radical (unpaired) electrons. The zero-order chi connectivity index (χ0) is 17.5. The number of nitrogens with one attached hydrogen (secondary N) is 2. The Kier molecular flexibility index (Phi) is 6.25. The van der Waals surface area contributed by atoms with Gasteiger partial charge in [0.15, 0.2) is 11.5 Å². The summed E-state index contributed by atoms with van der Waals surface area (Å²) >= 11 is 0. The second kappa shape index (κ2) is 8.82. The molecule has 25 heavy (non-hydrogen) atoms. The van der Waals surface area contributed by atoms with E-state index in [4.69, 9.17) is 9.47 Å². The van der Waals surface area contributed by atoms with Crippen molar-refractivity contribution in [2.24, 2.45) is 0 Å². The molecule has 1 fully saturated rings. The van der Waals surface area contributed by atoms with E-state index in [0.29, 0.717) is 13.2 Å². The predicted molar refractivity (Wildman–Crippen MR) is 95.8 cm³/mol. The summed E-state index contributed by atoms with van der Waals surface area (Å²) in [6, 6.07) is 6.17. The number of likely N-dealkylation sites (tertiary alicyclic amines) is 1. The number of nitrogens with zero attached hydrogens (tertiary/aromatic N) is 3. The van der Waals surface area contributed by atoms with E-state index < -0.39 is 0 Å². The lowest BCUT2D eigenvalue weighted by molar-refractivity contribution is 0.230. The molecule has 136 valence electrons. The van der Waals surface area contributed by atoms with Crippen LogP contribution in [0.25, 0.3) is 0 Å². The molecule has 0 bridgehead atoms. The van der Waals surface area contributed by atoms with Crippen LogP contribution in [0.3, 0.4) is 0 Å². The summed E-state index contributed by atoms with van der Waals surface area (Å²) in [6.07, 6.45) is 4.12. The zero-order valence-corrected chi connectivity index (χ0v) is 15.0. The van der Waals surface area contributed by atoms with Gasteiger partial charge in [-0.1, -0.05) is 6.07 Å². The Labute approximate surface area is 148 Å². The van der Waals surface area contributed by atoms with Crippen LogP contribution in [0, 0.1) is 0 Å². The number of hydrogen-bond acceptors (Lipinski definition) is 6. The Balaban J connectivity index is 1.51. The zero-order valence-electron chi connectivity index (χ0n) is 15.0. The molecular formula is C18H27N5O2. The molecule has 1 aromatic carbocycles. The summed E-state index contributed by atoms with van der Waals surface area (Å²) in [4.78, 5) is 6.60. The van der Waals surface area contributed by atoms with Crippen LogP contribution < -0.4 is 14.8 Å². The van der Waals surface area contributed by atoms with Crippen molar-refractivity contribution in [2.75, 3.05) is 33.4 Å². The van der Waals surface area contributed by atoms with Gasteiger partial charge in [0.25, 0.3) is 0 Å². The van der Waals surface area contributed by atoms with Gasteiger partial charge in [-0.2, -0.15) is 5.10 Å². The van der Waals surface area contributed by atoms with Crippen molar-refractivity contribution in [1.82, 2.24) is 25.4 Å². The topological polar surface area (TPSA) is 75.3 Å². The molecule has 0 amide bonds. The number of methoxy groups -OCH3 is 1. The van der Waals surface area contributed by atoms with Crippen molar-refractivity contribution in [2.45, 2.75) is 32.4 Å². The summed E-state index contributed by atoms with van der Waals surface area (Å²) in [6.45, 7) is 6.81. The summed E-state index contributed by atoms with van der Waals surface area (Å²) in [5.41, 5.74) is 1.13. The minimum absolute atomic E-state index is 0.102. The number of hydrogen-bond donors (Lipinski definition) is 2. The van der Waals surface area contributed by atoms with Crippen LogP contribution in [0.5, 0.6) is 11.5 Å². The predicted octanol–water partition coefficient (Wildman–Crippen LogP) is 2.14. The summed E-state index contributed by atoms with van der Waals surface area (Å²) in [5.74, 6) is 2.40. The van der Waals surface area contributed by atoms with E-state index in [0.717, 1.165) is 29.4 Å². The molecule has 1 aromatic heterocycles. The molecule has 2 N–H and O–H groups in total. The van der Waals surface area contributed by atoms with Crippen molar-refractivity contribution in [3.63, 3.8) is 0 Å². The largest absolute Gasteiger partial charge is 0.493 e. The summed E-state index contributed by atoms with van der Waals surface area (Å²) in [7, 11) is 1.68. The standard InChI is InChI=1S/C18H27N5O2/c1-14(18-20-13-21-22-18)19-12-15-5-6-16(17(11-15)24-2)25-10-9-23-7-3-4-8-23/h5-6,11,13-14,19H,3-4,7-10,12H2,1-2H3,(H,20,21,22)/t14-/m0/s1. The van der Waals surface area contributed by atoms with Crippen molar-refractivity contribution in [1.29, 1.82) is 0 Å². The van der Waals surface area contributed by atoms with Crippen molar-refractivity contribution in [3.05, 3.63) is 35.9 Å². The number of aromatic nitrogens is 3. The minimum Gasteiger partial charge on any atom is -0.493 e.